The number of pyridine rings is 1. The summed E-state index contributed by atoms with van der Waals surface area (Å²) in [5, 5.41) is 15.1. The Hall–Kier alpha value is -3.86. The number of aromatic nitrogens is 1. The number of nitrogens with one attached hydrogen (secondary N) is 1. The zero-order valence-electron chi connectivity index (χ0n) is 14.4. The van der Waals surface area contributed by atoms with Gasteiger partial charge in [-0.15, -0.1) is 0 Å². The second-order valence-electron chi connectivity index (χ2n) is 5.44. The van der Waals surface area contributed by atoms with Crippen molar-refractivity contribution in [3.05, 3.63) is 86.5 Å². The molecule has 29 heavy (non-hydrogen) atoms. The van der Waals surface area contributed by atoms with Gasteiger partial charge in [-0.05, 0) is 46.3 Å². The number of carbonyl (C=O) groups is 2. The number of nitro benzene ring substituents is 1. The first-order valence-corrected chi connectivity index (χ1v) is 8.71. The largest absolute Gasteiger partial charge is 0.457 e. The molecule has 1 amide bonds. The Kier molecular flexibility index (Phi) is 6.09. The van der Waals surface area contributed by atoms with Crippen LogP contribution in [0, 0.1) is 10.1 Å². The molecular weight excluding hydrogens is 448 g/mol. The fraction of sp³-hybridized carbons (Fsp3) is 0. The number of halogens is 1. The van der Waals surface area contributed by atoms with Crippen LogP contribution in [0.3, 0.4) is 0 Å². The molecule has 0 fully saturated rings. The lowest BCUT2D eigenvalue weighted by Crippen LogP contribution is -2.17. The van der Waals surface area contributed by atoms with Gasteiger partial charge in [-0.1, -0.05) is 0 Å². The van der Waals surface area contributed by atoms with Crippen LogP contribution in [-0.4, -0.2) is 28.0 Å². The van der Waals surface area contributed by atoms with Crippen LogP contribution < -0.4 is 10.2 Å². The zero-order chi connectivity index (χ0) is 20.8. The van der Waals surface area contributed by atoms with Crippen molar-refractivity contribution >= 4 is 39.7 Å². The Morgan fingerprint density at radius 1 is 1.28 bits per heavy atom. The molecule has 3 rings (SSSR count). The molecule has 11 heteroatoms. The van der Waals surface area contributed by atoms with Crippen LogP contribution in [-0.2, 0) is 0 Å². The van der Waals surface area contributed by atoms with Crippen molar-refractivity contribution in [1.29, 1.82) is 0 Å². The van der Waals surface area contributed by atoms with Gasteiger partial charge in [0.1, 0.15) is 0 Å². The summed E-state index contributed by atoms with van der Waals surface area (Å²) in [6, 6.07) is 8.27. The van der Waals surface area contributed by atoms with Gasteiger partial charge in [0.25, 0.3) is 5.91 Å². The fourth-order valence-corrected chi connectivity index (χ4v) is 2.52. The molecule has 0 aliphatic heterocycles. The van der Waals surface area contributed by atoms with E-state index >= 15 is 0 Å². The predicted molar refractivity (Wildman–Crippen MR) is 104 cm³/mol. The van der Waals surface area contributed by atoms with Crippen molar-refractivity contribution in [3.63, 3.8) is 0 Å². The van der Waals surface area contributed by atoms with Crippen molar-refractivity contribution < 1.29 is 23.7 Å². The second kappa shape index (κ2) is 8.89. The minimum atomic E-state index is -0.866. The summed E-state index contributed by atoms with van der Waals surface area (Å²) in [7, 11) is 0. The molecule has 0 saturated carbocycles. The van der Waals surface area contributed by atoms with Crippen LogP contribution in [0.25, 0.3) is 0 Å². The third-order valence-corrected chi connectivity index (χ3v) is 3.89. The van der Waals surface area contributed by atoms with E-state index in [-0.39, 0.29) is 17.1 Å². The van der Waals surface area contributed by atoms with E-state index in [9.17, 15) is 19.7 Å². The summed E-state index contributed by atoms with van der Waals surface area (Å²) in [5.41, 5.74) is 2.43. The van der Waals surface area contributed by atoms with Crippen molar-refractivity contribution in [3.8, 4) is 5.75 Å². The van der Waals surface area contributed by atoms with E-state index in [0.29, 0.717) is 10.0 Å². The first-order valence-electron chi connectivity index (χ1n) is 7.92. The number of nitrogens with zero attached hydrogens (tertiary/aromatic N) is 3. The highest BCUT2D eigenvalue weighted by Gasteiger charge is 2.20. The van der Waals surface area contributed by atoms with E-state index in [0.717, 1.165) is 6.07 Å². The lowest BCUT2D eigenvalue weighted by atomic mass is 10.2. The summed E-state index contributed by atoms with van der Waals surface area (Å²) < 4.78 is 10.5. The smallest absolute Gasteiger partial charge is 0.379 e. The summed E-state index contributed by atoms with van der Waals surface area (Å²) in [6.07, 6.45) is 5.39. The topological polar surface area (TPSA) is 137 Å². The lowest BCUT2D eigenvalue weighted by molar-refractivity contribution is -0.385. The monoisotopic (exact) mass is 458 g/mol. The van der Waals surface area contributed by atoms with Gasteiger partial charge >= 0.3 is 11.7 Å². The standard InChI is InChI=1S/C18H11BrN4O6/c19-13-7-12(9-20-10-13)17(24)22-21-8-11-3-4-15(14(6-11)23(26)27)29-18(25)16-2-1-5-28-16/h1-10H,(H,22,24)/b21-8+. The maximum atomic E-state index is 12.0. The SMILES string of the molecule is O=C(N/N=C/c1ccc(OC(=O)c2ccco2)c([N+](=O)[O-])c1)c1cncc(Br)c1. The number of rotatable bonds is 6. The van der Waals surface area contributed by atoms with E-state index in [2.05, 4.69) is 31.4 Å². The highest BCUT2D eigenvalue weighted by Crippen LogP contribution is 2.28. The Labute approximate surface area is 171 Å². The quantitative estimate of drug-likeness (QED) is 0.196. The molecule has 0 atom stereocenters. The maximum Gasteiger partial charge on any atom is 0.379 e. The van der Waals surface area contributed by atoms with Crippen LogP contribution in [0.5, 0.6) is 5.75 Å². The predicted octanol–water partition coefficient (Wildman–Crippen LogP) is 3.33. The zero-order valence-corrected chi connectivity index (χ0v) is 16.0. The third-order valence-electron chi connectivity index (χ3n) is 3.45. The molecule has 0 aliphatic rings. The van der Waals surface area contributed by atoms with Crippen molar-refractivity contribution in [2.45, 2.75) is 0 Å². The summed E-state index contributed by atoms with van der Waals surface area (Å²) >= 11 is 3.21. The number of nitro groups is 1. The molecule has 2 aromatic heterocycles. The number of hydrogen-bond donors (Lipinski definition) is 1. The Morgan fingerprint density at radius 2 is 2.10 bits per heavy atom. The van der Waals surface area contributed by atoms with Gasteiger partial charge < -0.3 is 9.15 Å². The molecule has 1 aromatic carbocycles. The molecule has 0 unspecified atom stereocenters. The highest BCUT2D eigenvalue weighted by molar-refractivity contribution is 9.10. The van der Waals surface area contributed by atoms with E-state index in [1.165, 1.54) is 49.1 Å². The number of hydrogen-bond acceptors (Lipinski definition) is 8. The van der Waals surface area contributed by atoms with Gasteiger partial charge in [-0.25, -0.2) is 10.2 Å². The lowest BCUT2D eigenvalue weighted by Gasteiger charge is -2.04. The van der Waals surface area contributed by atoms with E-state index < -0.39 is 22.5 Å². The van der Waals surface area contributed by atoms with Gasteiger partial charge in [-0.3, -0.25) is 19.9 Å². The van der Waals surface area contributed by atoms with Gasteiger partial charge in [0.15, 0.2) is 0 Å². The molecule has 2 heterocycles. The van der Waals surface area contributed by atoms with Crippen molar-refractivity contribution in [2.24, 2.45) is 5.10 Å². The summed E-state index contributed by atoms with van der Waals surface area (Å²) in [6.45, 7) is 0. The van der Waals surface area contributed by atoms with Crippen LogP contribution in [0.4, 0.5) is 5.69 Å². The first-order chi connectivity index (χ1) is 13.9. The van der Waals surface area contributed by atoms with E-state index in [4.69, 9.17) is 9.15 Å². The number of hydrazone groups is 1. The second-order valence-corrected chi connectivity index (χ2v) is 6.36. The summed E-state index contributed by atoms with van der Waals surface area (Å²) in [4.78, 5) is 38.4. The number of carbonyl (C=O) groups excluding carboxylic acids is 2. The molecule has 0 radical (unpaired) electrons. The number of amides is 1. The number of benzene rings is 1. The Balaban J connectivity index is 1.72. The normalized spacial score (nSPS) is 10.7. The van der Waals surface area contributed by atoms with Crippen molar-refractivity contribution in [1.82, 2.24) is 10.4 Å². The molecule has 10 nitrogen and oxygen atoms in total. The minimum Gasteiger partial charge on any atom is -0.457 e. The molecule has 146 valence electrons. The molecule has 0 spiro atoms. The molecule has 3 aromatic rings. The Morgan fingerprint density at radius 3 is 2.79 bits per heavy atom. The van der Waals surface area contributed by atoms with Crippen LogP contribution in [0.15, 0.2) is 69.0 Å². The number of esters is 1. The van der Waals surface area contributed by atoms with E-state index in [1.807, 2.05) is 0 Å². The number of furan rings is 1. The molecular formula is C18H11BrN4O6. The van der Waals surface area contributed by atoms with Crippen LogP contribution >= 0.6 is 15.9 Å². The minimum absolute atomic E-state index is 0.0883. The molecule has 0 saturated heterocycles. The first kappa shape index (κ1) is 19.9. The van der Waals surface area contributed by atoms with Gasteiger partial charge in [0.05, 0.1) is 23.0 Å². The molecule has 0 aliphatic carbocycles. The van der Waals surface area contributed by atoms with Crippen LogP contribution in [0.1, 0.15) is 26.5 Å². The van der Waals surface area contributed by atoms with E-state index in [1.54, 1.807) is 6.07 Å². The Bertz CT molecular complexity index is 1100. The van der Waals surface area contributed by atoms with Gasteiger partial charge in [0.2, 0.25) is 11.5 Å². The average molecular weight is 459 g/mol. The highest BCUT2D eigenvalue weighted by atomic mass is 79.9. The molecule has 1 N–H and O–H groups in total. The number of ether oxygens (including phenoxy) is 1. The van der Waals surface area contributed by atoms with Gasteiger partial charge in [-0.2, -0.15) is 5.10 Å². The van der Waals surface area contributed by atoms with Crippen LogP contribution in [0.2, 0.25) is 0 Å². The summed E-state index contributed by atoms with van der Waals surface area (Å²) in [5.74, 6) is -1.71. The molecule has 0 bridgehead atoms. The average Bonchev–Trinajstić information content (AvgIpc) is 3.23. The third kappa shape index (κ3) is 5.11. The maximum absolute atomic E-state index is 12.0. The fourth-order valence-electron chi connectivity index (χ4n) is 2.15. The van der Waals surface area contributed by atoms with Gasteiger partial charge in [0, 0.05) is 28.5 Å². The van der Waals surface area contributed by atoms with Crippen molar-refractivity contribution in [2.75, 3.05) is 0 Å².